The molecule has 14 heavy (non-hydrogen) atoms. The Morgan fingerprint density at radius 2 is 2.00 bits per heavy atom. The fraction of sp³-hybridized carbons (Fsp3) is 0.214. The summed E-state index contributed by atoms with van der Waals surface area (Å²) in [6, 6.07) is 10.2. The van der Waals surface area contributed by atoms with Crippen LogP contribution in [0.2, 0.25) is 0 Å². The molecule has 0 heteroatoms. The van der Waals surface area contributed by atoms with Crippen LogP contribution in [0.1, 0.15) is 25.3 Å². The van der Waals surface area contributed by atoms with E-state index in [1.165, 1.54) is 12.0 Å². The lowest BCUT2D eigenvalue weighted by atomic mass is 10.2. The van der Waals surface area contributed by atoms with Gasteiger partial charge in [0.2, 0.25) is 0 Å². The highest BCUT2D eigenvalue weighted by molar-refractivity contribution is 5.48. The fourth-order valence-corrected chi connectivity index (χ4v) is 1.08. The van der Waals surface area contributed by atoms with Crippen LogP contribution in [0.4, 0.5) is 0 Å². The second kappa shape index (κ2) is 6.94. The number of hydrogen-bond acceptors (Lipinski definition) is 0. The molecule has 1 aromatic carbocycles. The van der Waals surface area contributed by atoms with Crippen LogP contribution in [0, 0.1) is 0 Å². The van der Waals surface area contributed by atoms with Crippen molar-refractivity contribution in [2.75, 3.05) is 0 Å². The highest BCUT2D eigenvalue weighted by Gasteiger charge is 1.78. The van der Waals surface area contributed by atoms with Crippen molar-refractivity contribution in [2.24, 2.45) is 0 Å². The minimum atomic E-state index is 1.14. The van der Waals surface area contributed by atoms with Crippen molar-refractivity contribution in [1.82, 2.24) is 0 Å². The van der Waals surface area contributed by atoms with E-state index in [4.69, 9.17) is 0 Å². The van der Waals surface area contributed by atoms with Crippen LogP contribution >= 0.6 is 0 Å². The van der Waals surface area contributed by atoms with E-state index in [-0.39, 0.29) is 0 Å². The molecule has 72 valence electrons. The molecule has 0 aliphatic heterocycles. The standard InChI is InChI=1S/C14H16/c1-2-3-4-5-6-8-11-14-12-9-7-10-13-14/h4-7,9-13H,2-3H2,1H3/b5-4+. The maximum atomic E-state index is 3.12. The Labute approximate surface area is 86.3 Å². The van der Waals surface area contributed by atoms with Crippen LogP contribution in [0.3, 0.4) is 0 Å². The van der Waals surface area contributed by atoms with Crippen LogP contribution in [0.15, 0.2) is 54.3 Å². The highest BCUT2D eigenvalue weighted by Crippen LogP contribution is 1.99. The quantitative estimate of drug-likeness (QED) is 0.485. The summed E-state index contributed by atoms with van der Waals surface area (Å²) in [6.07, 6.45) is 10.5. The van der Waals surface area contributed by atoms with E-state index >= 15 is 0 Å². The molecular formula is C14H16. The van der Waals surface area contributed by atoms with Crippen molar-refractivity contribution >= 4 is 6.08 Å². The van der Waals surface area contributed by atoms with Crippen molar-refractivity contribution in [3.63, 3.8) is 0 Å². The van der Waals surface area contributed by atoms with Crippen LogP contribution in [0.5, 0.6) is 0 Å². The zero-order valence-corrected chi connectivity index (χ0v) is 8.61. The SMILES string of the molecule is CCC/C=C/C=C=Cc1ccccc1. The average molecular weight is 184 g/mol. The Morgan fingerprint density at radius 3 is 2.71 bits per heavy atom. The van der Waals surface area contributed by atoms with Gasteiger partial charge in [0, 0.05) is 0 Å². The minimum Gasteiger partial charge on any atom is -0.120 e. The molecule has 0 aromatic heterocycles. The van der Waals surface area contributed by atoms with E-state index < -0.39 is 0 Å². The molecule has 0 amide bonds. The Bertz CT molecular complexity index is 324. The number of allylic oxidation sites excluding steroid dienone is 3. The predicted molar refractivity (Wildman–Crippen MR) is 63.0 cm³/mol. The molecule has 0 atom stereocenters. The molecule has 0 N–H and O–H groups in total. The molecule has 0 nitrogen and oxygen atoms in total. The number of hydrogen-bond donors (Lipinski definition) is 0. The normalized spacial score (nSPS) is 9.79. The number of unbranched alkanes of at least 4 members (excludes halogenated alkanes) is 1. The molecule has 0 heterocycles. The van der Waals surface area contributed by atoms with Gasteiger partial charge in [-0.3, -0.25) is 0 Å². The van der Waals surface area contributed by atoms with Gasteiger partial charge in [-0.25, -0.2) is 0 Å². The van der Waals surface area contributed by atoms with Crippen molar-refractivity contribution in [1.29, 1.82) is 0 Å². The summed E-state index contributed by atoms with van der Waals surface area (Å²) in [5.41, 5.74) is 4.31. The summed E-state index contributed by atoms with van der Waals surface area (Å²) in [5, 5.41) is 0. The summed E-state index contributed by atoms with van der Waals surface area (Å²) >= 11 is 0. The van der Waals surface area contributed by atoms with Crippen LogP contribution in [0.25, 0.3) is 6.08 Å². The van der Waals surface area contributed by atoms with E-state index in [1.807, 2.05) is 36.4 Å². The molecule has 0 saturated heterocycles. The Morgan fingerprint density at radius 1 is 1.21 bits per heavy atom. The average Bonchev–Trinajstić information content (AvgIpc) is 2.25. The molecule has 0 radical (unpaired) electrons. The summed E-state index contributed by atoms with van der Waals surface area (Å²) in [4.78, 5) is 0. The van der Waals surface area contributed by atoms with E-state index in [2.05, 4.69) is 30.9 Å². The fourth-order valence-electron chi connectivity index (χ4n) is 1.08. The molecule has 0 aliphatic rings. The molecule has 0 spiro atoms. The van der Waals surface area contributed by atoms with Gasteiger partial charge in [0.05, 0.1) is 0 Å². The third-order valence-corrected chi connectivity index (χ3v) is 1.83. The number of rotatable bonds is 4. The maximum Gasteiger partial charge on any atom is -0.0127 e. The van der Waals surface area contributed by atoms with Gasteiger partial charge in [-0.05, 0) is 24.1 Å². The van der Waals surface area contributed by atoms with Crippen molar-refractivity contribution in [2.45, 2.75) is 19.8 Å². The van der Waals surface area contributed by atoms with Gasteiger partial charge in [0.1, 0.15) is 0 Å². The van der Waals surface area contributed by atoms with Crippen molar-refractivity contribution in [3.8, 4) is 0 Å². The van der Waals surface area contributed by atoms with Gasteiger partial charge >= 0.3 is 0 Å². The summed E-state index contributed by atoms with van der Waals surface area (Å²) in [6.45, 7) is 2.17. The molecule has 0 aliphatic carbocycles. The molecule has 1 rings (SSSR count). The zero-order chi connectivity index (χ0) is 10.1. The Balaban J connectivity index is 2.48. The van der Waals surface area contributed by atoms with Crippen LogP contribution in [-0.2, 0) is 0 Å². The Hall–Kier alpha value is -1.52. The maximum absolute atomic E-state index is 3.12. The topological polar surface area (TPSA) is 0 Å². The van der Waals surface area contributed by atoms with E-state index in [9.17, 15) is 0 Å². The van der Waals surface area contributed by atoms with E-state index in [0.29, 0.717) is 0 Å². The second-order valence-corrected chi connectivity index (χ2v) is 3.11. The molecular weight excluding hydrogens is 168 g/mol. The smallest absolute Gasteiger partial charge is 0.0127 e. The van der Waals surface area contributed by atoms with Crippen LogP contribution < -0.4 is 0 Å². The zero-order valence-electron chi connectivity index (χ0n) is 8.61. The third-order valence-electron chi connectivity index (χ3n) is 1.83. The highest BCUT2D eigenvalue weighted by atomic mass is 13.8. The first-order chi connectivity index (χ1) is 6.93. The lowest BCUT2D eigenvalue weighted by molar-refractivity contribution is 0.959. The van der Waals surface area contributed by atoms with Gasteiger partial charge in [-0.15, -0.1) is 5.73 Å². The van der Waals surface area contributed by atoms with Gasteiger partial charge in [0.15, 0.2) is 0 Å². The van der Waals surface area contributed by atoms with Gasteiger partial charge < -0.3 is 0 Å². The first-order valence-corrected chi connectivity index (χ1v) is 5.06. The molecule has 0 bridgehead atoms. The first-order valence-electron chi connectivity index (χ1n) is 5.06. The molecule has 0 saturated carbocycles. The summed E-state index contributed by atoms with van der Waals surface area (Å²) in [7, 11) is 0. The first kappa shape index (κ1) is 10.6. The van der Waals surface area contributed by atoms with Gasteiger partial charge in [-0.2, -0.15) is 0 Å². The van der Waals surface area contributed by atoms with Crippen molar-refractivity contribution in [3.05, 3.63) is 59.9 Å². The monoisotopic (exact) mass is 184 g/mol. The molecule has 0 fully saturated rings. The summed E-state index contributed by atoms with van der Waals surface area (Å²) in [5.74, 6) is 0. The third kappa shape index (κ3) is 4.49. The number of benzene rings is 1. The van der Waals surface area contributed by atoms with Crippen LogP contribution in [-0.4, -0.2) is 0 Å². The van der Waals surface area contributed by atoms with Gasteiger partial charge in [0.25, 0.3) is 0 Å². The lowest BCUT2D eigenvalue weighted by Gasteiger charge is -1.86. The molecule has 1 aromatic rings. The van der Waals surface area contributed by atoms with E-state index in [0.717, 1.165) is 6.42 Å². The minimum absolute atomic E-state index is 1.14. The van der Waals surface area contributed by atoms with E-state index in [1.54, 1.807) is 0 Å². The van der Waals surface area contributed by atoms with Gasteiger partial charge in [-0.1, -0.05) is 55.8 Å². The predicted octanol–water partition coefficient (Wildman–Crippen LogP) is 4.21. The molecule has 0 unspecified atom stereocenters. The summed E-state index contributed by atoms with van der Waals surface area (Å²) < 4.78 is 0. The lowest BCUT2D eigenvalue weighted by Crippen LogP contribution is -1.65. The Kier molecular flexibility index (Phi) is 5.23. The van der Waals surface area contributed by atoms with Crippen molar-refractivity contribution < 1.29 is 0 Å². The second-order valence-electron chi connectivity index (χ2n) is 3.11. The largest absolute Gasteiger partial charge is 0.120 e.